The van der Waals surface area contributed by atoms with Crippen molar-refractivity contribution in [2.24, 2.45) is 0 Å². The Morgan fingerprint density at radius 1 is 1.19 bits per heavy atom. The van der Waals surface area contributed by atoms with Crippen molar-refractivity contribution in [1.82, 2.24) is 9.80 Å². The Labute approximate surface area is 99.7 Å². The summed E-state index contributed by atoms with van der Waals surface area (Å²) in [5.74, 6) is 0. The van der Waals surface area contributed by atoms with Crippen LogP contribution in [0.25, 0.3) is 0 Å². The van der Waals surface area contributed by atoms with Gasteiger partial charge in [0.1, 0.15) is 21.5 Å². The van der Waals surface area contributed by atoms with Crippen molar-refractivity contribution in [2.75, 3.05) is 26.7 Å². The van der Waals surface area contributed by atoms with Gasteiger partial charge in [0.15, 0.2) is 0 Å². The van der Waals surface area contributed by atoms with Crippen LogP contribution in [0.3, 0.4) is 0 Å². The molecule has 1 heterocycles. The van der Waals surface area contributed by atoms with Gasteiger partial charge >= 0.3 is 0 Å². The molecule has 0 amide bonds. The van der Waals surface area contributed by atoms with Crippen LogP contribution < -0.4 is 0 Å². The number of rotatable bonds is 6. The van der Waals surface area contributed by atoms with Crippen molar-refractivity contribution < 1.29 is 9.00 Å². The summed E-state index contributed by atoms with van der Waals surface area (Å²) in [5, 5.41) is 0.484. The molecule has 0 saturated carbocycles. The van der Waals surface area contributed by atoms with Gasteiger partial charge in [0, 0.05) is 26.7 Å². The van der Waals surface area contributed by atoms with E-state index in [0.717, 1.165) is 26.1 Å². The molecular weight excluding hydrogens is 224 g/mol. The van der Waals surface area contributed by atoms with Crippen molar-refractivity contribution >= 4 is 15.9 Å². The zero-order chi connectivity index (χ0) is 12.3. The molecule has 0 aromatic rings. The maximum Gasteiger partial charge on any atom is 0.274 e. The first-order valence-electron chi connectivity index (χ1n) is 5.74. The highest BCUT2D eigenvalue weighted by Crippen LogP contribution is 2.29. The summed E-state index contributed by atoms with van der Waals surface area (Å²) >= 11 is 0. The molecule has 92 valence electrons. The maximum absolute atomic E-state index is 11.7. The lowest BCUT2D eigenvalue weighted by Crippen LogP contribution is -2.43. The second kappa shape index (κ2) is 5.48. The average Bonchev–Trinajstić information content (AvgIpc) is 2.28. The van der Waals surface area contributed by atoms with Crippen LogP contribution in [-0.2, 0) is 15.6 Å². The topological polar surface area (TPSA) is 40.6 Å². The third-order valence-electron chi connectivity index (χ3n) is 2.73. The molecule has 0 aliphatic carbocycles. The van der Waals surface area contributed by atoms with Crippen LogP contribution in [0.5, 0.6) is 0 Å². The Hall–Kier alpha value is -0.840. The van der Waals surface area contributed by atoms with Gasteiger partial charge < -0.3 is 9.80 Å². The fourth-order valence-corrected chi connectivity index (χ4v) is 3.06. The Morgan fingerprint density at radius 3 is 2.19 bits per heavy atom. The lowest BCUT2D eigenvalue weighted by Gasteiger charge is -2.35. The number of carbonyl (C=O) groups is 1. The summed E-state index contributed by atoms with van der Waals surface area (Å²) < 4.78 is 11.7. The van der Waals surface area contributed by atoms with Gasteiger partial charge in [0.05, 0.1) is 0 Å². The van der Waals surface area contributed by atoms with Crippen molar-refractivity contribution in [2.45, 2.75) is 27.2 Å². The van der Waals surface area contributed by atoms with E-state index in [-0.39, 0.29) is 5.12 Å². The molecule has 0 saturated heterocycles. The van der Waals surface area contributed by atoms with E-state index >= 15 is 0 Å². The van der Waals surface area contributed by atoms with Crippen molar-refractivity contribution in [1.29, 1.82) is 0 Å². The predicted molar refractivity (Wildman–Crippen MR) is 66.0 cm³/mol. The summed E-state index contributed by atoms with van der Waals surface area (Å²) in [6.07, 6.45) is 0.983. The minimum Gasteiger partial charge on any atom is -0.366 e. The van der Waals surface area contributed by atoms with E-state index in [1.54, 1.807) is 0 Å². The number of hydrogen-bond acceptors (Lipinski definition) is 4. The highest BCUT2D eigenvalue weighted by Gasteiger charge is 2.41. The van der Waals surface area contributed by atoms with Gasteiger partial charge in [-0.15, -0.1) is 0 Å². The van der Waals surface area contributed by atoms with Crippen LogP contribution in [0, 0.1) is 0 Å². The molecule has 4 nitrogen and oxygen atoms in total. The molecule has 5 heteroatoms. The molecule has 16 heavy (non-hydrogen) atoms. The van der Waals surface area contributed by atoms with Gasteiger partial charge in [0.2, 0.25) is 0 Å². The summed E-state index contributed by atoms with van der Waals surface area (Å²) in [4.78, 5) is 15.5. The fraction of sp³-hybridized carbons (Fsp3) is 0.727. The molecule has 0 aromatic carbocycles. The molecule has 0 bridgehead atoms. The number of carbonyl (C=O) groups excluding carboxylic acids is 1. The molecule has 1 rings (SSSR count). The summed E-state index contributed by atoms with van der Waals surface area (Å²) in [6, 6.07) is 0. The minimum atomic E-state index is -1.43. The largest absolute Gasteiger partial charge is 0.366 e. The Balaban J connectivity index is 2.99. The van der Waals surface area contributed by atoms with Gasteiger partial charge in [-0.1, -0.05) is 6.92 Å². The molecule has 1 aliphatic heterocycles. The first kappa shape index (κ1) is 13.2. The fourth-order valence-electron chi connectivity index (χ4n) is 1.87. The molecule has 0 fully saturated rings. The normalized spacial score (nSPS) is 19.8. The quantitative estimate of drug-likeness (QED) is 0.702. The zero-order valence-electron chi connectivity index (χ0n) is 10.4. The number of nitrogens with zero attached hydrogens (tertiary/aromatic N) is 2. The van der Waals surface area contributed by atoms with E-state index in [9.17, 15) is 9.00 Å². The van der Waals surface area contributed by atoms with Crippen LogP contribution in [0.2, 0.25) is 0 Å². The second-order valence-corrected chi connectivity index (χ2v) is 5.10. The lowest BCUT2D eigenvalue weighted by molar-refractivity contribution is -0.110. The van der Waals surface area contributed by atoms with Gasteiger partial charge in [-0.05, 0) is 20.3 Å². The van der Waals surface area contributed by atoms with Gasteiger partial charge in [-0.2, -0.15) is 0 Å². The Morgan fingerprint density at radius 2 is 1.75 bits per heavy atom. The van der Waals surface area contributed by atoms with Crippen LogP contribution in [0.4, 0.5) is 0 Å². The molecular formula is C11H20N2O2S. The first-order valence-corrected chi connectivity index (χ1v) is 6.89. The monoisotopic (exact) mass is 244 g/mol. The van der Waals surface area contributed by atoms with E-state index in [0.29, 0.717) is 10.7 Å². The first-order chi connectivity index (χ1) is 7.58. The van der Waals surface area contributed by atoms with E-state index in [2.05, 4.69) is 6.92 Å². The van der Waals surface area contributed by atoms with E-state index in [1.165, 1.54) is 0 Å². The molecule has 0 spiro atoms. The van der Waals surface area contributed by atoms with Crippen LogP contribution in [0.15, 0.2) is 10.7 Å². The Bertz CT molecular complexity index is 335. The zero-order valence-corrected chi connectivity index (χ0v) is 11.3. The molecule has 1 aliphatic rings. The van der Waals surface area contributed by atoms with Crippen LogP contribution in [0.1, 0.15) is 27.2 Å². The van der Waals surface area contributed by atoms with Crippen LogP contribution >= 0.6 is 0 Å². The third kappa shape index (κ3) is 2.14. The summed E-state index contributed by atoms with van der Waals surface area (Å²) in [5.41, 5.74) is 0.652. The minimum absolute atomic E-state index is 0.221. The van der Waals surface area contributed by atoms with E-state index in [4.69, 9.17) is 0 Å². The Kier molecular flexibility index (Phi) is 4.53. The molecule has 1 atom stereocenters. The van der Waals surface area contributed by atoms with Crippen molar-refractivity contribution in [3.8, 4) is 0 Å². The van der Waals surface area contributed by atoms with E-state index < -0.39 is 10.8 Å². The summed E-state index contributed by atoms with van der Waals surface area (Å²) in [7, 11) is 0.461. The molecule has 0 aromatic heterocycles. The smallest absolute Gasteiger partial charge is 0.274 e. The third-order valence-corrected chi connectivity index (χ3v) is 4.11. The summed E-state index contributed by atoms with van der Waals surface area (Å²) in [6.45, 7) is 8.46. The van der Waals surface area contributed by atoms with Gasteiger partial charge in [0.25, 0.3) is 5.12 Å². The number of likely N-dealkylation sites (N-methyl/N-ethyl adjacent to an activating group) is 1. The van der Waals surface area contributed by atoms with Crippen molar-refractivity contribution in [3.05, 3.63) is 10.7 Å². The highest BCUT2D eigenvalue weighted by atomic mass is 32.2. The SMILES string of the molecule is CCCN(C)C1=C(N(CC)CC)C(=O)S1=O. The maximum atomic E-state index is 11.7. The highest BCUT2D eigenvalue weighted by molar-refractivity contribution is 8.06. The molecule has 0 N–H and O–H groups in total. The van der Waals surface area contributed by atoms with Gasteiger partial charge in [-0.3, -0.25) is 4.79 Å². The predicted octanol–water partition coefficient (Wildman–Crippen LogP) is 1.13. The lowest BCUT2D eigenvalue weighted by atomic mass is 10.3. The number of hydrogen-bond donors (Lipinski definition) is 0. The standard InChI is InChI=1S/C11H20N2O2S/c1-5-8-12(4)10-9(11(14)16(10)15)13(6-2)7-3/h5-8H2,1-4H3. The van der Waals surface area contributed by atoms with Crippen molar-refractivity contribution in [3.63, 3.8) is 0 Å². The molecule has 0 radical (unpaired) electrons. The van der Waals surface area contributed by atoms with Gasteiger partial charge in [-0.25, -0.2) is 4.21 Å². The second-order valence-electron chi connectivity index (χ2n) is 3.80. The average molecular weight is 244 g/mol. The van der Waals surface area contributed by atoms with Crippen LogP contribution in [-0.4, -0.2) is 45.8 Å². The van der Waals surface area contributed by atoms with E-state index in [1.807, 2.05) is 30.7 Å². The molecule has 1 unspecified atom stereocenters.